The van der Waals surface area contributed by atoms with Crippen LogP contribution in [0.15, 0.2) is 64.5 Å². The molecule has 0 bridgehead atoms. The first-order chi connectivity index (χ1) is 10.8. The first-order valence-corrected chi connectivity index (χ1v) is 8.33. The second kappa shape index (κ2) is 6.99. The van der Waals surface area contributed by atoms with Crippen molar-refractivity contribution in [1.29, 1.82) is 0 Å². The number of benzene rings is 2. The van der Waals surface area contributed by atoms with Crippen LogP contribution >= 0.6 is 11.8 Å². The standard InChI is InChI=1S/C18H19NO2S/c1-13-7-9-15(10-8-13)22-12-17-19-16(11-20)18(21-17)14-5-3-2-4-6-14/h2-10,16,18,20H,11-12H2,1H3/t16-,18-/m0/s1. The summed E-state index contributed by atoms with van der Waals surface area (Å²) < 4.78 is 5.97. The minimum Gasteiger partial charge on any atom is -0.470 e. The van der Waals surface area contributed by atoms with Gasteiger partial charge >= 0.3 is 0 Å². The molecule has 0 amide bonds. The Hall–Kier alpha value is -1.78. The van der Waals surface area contributed by atoms with Gasteiger partial charge in [-0.2, -0.15) is 0 Å². The lowest BCUT2D eigenvalue weighted by Crippen LogP contribution is -2.17. The molecular weight excluding hydrogens is 294 g/mol. The number of aliphatic hydroxyl groups excluding tert-OH is 1. The van der Waals surface area contributed by atoms with Gasteiger partial charge in [0.2, 0.25) is 0 Å². The summed E-state index contributed by atoms with van der Waals surface area (Å²) >= 11 is 1.70. The maximum atomic E-state index is 9.54. The summed E-state index contributed by atoms with van der Waals surface area (Å²) in [7, 11) is 0. The Kier molecular flexibility index (Phi) is 4.80. The molecule has 2 aromatic rings. The molecule has 1 heterocycles. The molecule has 0 radical (unpaired) electrons. The van der Waals surface area contributed by atoms with Crippen molar-refractivity contribution in [3.05, 3.63) is 65.7 Å². The molecule has 0 fully saturated rings. The van der Waals surface area contributed by atoms with E-state index in [1.807, 2.05) is 30.3 Å². The van der Waals surface area contributed by atoms with Crippen LogP contribution in [-0.4, -0.2) is 29.4 Å². The maximum absolute atomic E-state index is 9.54. The molecule has 0 saturated heterocycles. The zero-order chi connectivity index (χ0) is 15.4. The van der Waals surface area contributed by atoms with E-state index in [4.69, 9.17) is 4.74 Å². The third-order valence-corrected chi connectivity index (χ3v) is 4.62. The van der Waals surface area contributed by atoms with Crippen LogP contribution < -0.4 is 0 Å². The Balaban J connectivity index is 1.64. The number of ether oxygens (including phenoxy) is 1. The van der Waals surface area contributed by atoms with Crippen molar-refractivity contribution in [3.63, 3.8) is 0 Å². The first-order valence-electron chi connectivity index (χ1n) is 7.35. The van der Waals surface area contributed by atoms with E-state index in [-0.39, 0.29) is 18.8 Å². The lowest BCUT2D eigenvalue weighted by atomic mass is 10.0. The predicted molar refractivity (Wildman–Crippen MR) is 90.5 cm³/mol. The van der Waals surface area contributed by atoms with Crippen LogP contribution in [0.3, 0.4) is 0 Å². The zero-order valence-corrected chi connectivity index (χ0v) is 13.3. The van der Waals surface area contributed by atoms with Gasteiger partial charge in [-0.05, 0) is 24.6 Å². The van der Waals surface area contributed by atoms with Crippen LogP contribution in [0.25, 0.3) is 0 Å². The molecule has 0 aliphatic carbocycles. The fourth-order valence-corrected chi connectivity index (χ4v) is 3.19. The summed E-state index contributed by atoms with van der Waals surface area (Å²) in [6.07, 6.45) is -0.181. The first kappa shape index (κ1) is 15.1. The van der Waals surface area contributed by atoms with Crippen molar-refractivity contribution in [3.8, 4) is 0 Å². The Morgan fingerprint density at radius 1 is 1.09 bits per heavy atom. The molecule has 2 atom stereocenters. The van der Waals surface area contributed by atoms with Crippen molar-refractivity contribution >= 4 is 17.7 Å². The van der Waals surface area contributed by atoms with E-state index in [2.05, 4.69) is 36.2 Å². The van der Waals surface area contributed by atoms with Crippen molar-refractivity contribution in [2.24, 2.45) is 4.99 Å². The van der Waals surface area contributed by atoms with E-state index in [0.29, 0.717) is 11.7 Å². The second-order valence-electron chi connectivity index (χ2n) is 5.32. The van der Waals surface area contributed by atoms with Gasteiger partial charge in [-0.15, -0.1) is 11.8 Å². The van der Waals surface area contributed by atoms with Crippen molar-refractivity contribution in [1.82, 2.24) is 0 Å². The number of rotatable bonds is 5. The molecule has 1 N–H and O–H groups in total. The quantitative estimate of drug-likeness (QED) is 0.857. The number of aryl methyl sites for hydroxylation is 1. The predicted octanol–water partition coefficient (Wildman–Crippen LogP) is 3.62. The average molecular weight is 313 g/mol. The Labute approximate surface area is 135 Å². The summed E-state index contributed by atoms with van der Waals surface area (Å²) in [5, 5.41) is 9.54. The van der Waals surface area contributed by atoms with Gasteiger partial charge < -0.3 is 9.84 Å². The molecular formula is C18H19NO2S. The molecule has 0 saturated carbocycles. The molecule has 3 nitrogen and oxygen atoms in total. The lowest BCUT2D eigenvalue weighted by molar-refractivity contribution is 0.151. The van der Waals surface area contributed by atoms with E-state index in [9.17, 15) is 5.11 Å². The molecule has 114 valence electrons. The SMILES string of the molecule is Cc1ccc(SCC2=N[C@@H](CO)[C@H](c3ccccc3)O2)cc1. The van der Waals surface area contributed by atoms with Gasteiger partial charge in [0.1, 0.15) is 12.1 Å². The van der Waals surface area contributed by atoms with Crippen LogP contribution in [0.4, 0.5) is 0 Å². The third kappa shape index (κ3) is 3.51. The Morgan fingerprint density at radius 2 is 1.82 bits per heavy atom. The average Bonchev–Trinajstić information content (AvgIpc) is 2.98. The highest BCUT2D eigenvalue weighted by Crippen LogP contribution is 2.30. The summed E-state index contributed by atoms with van der Waals surface area (Å²) in [4.78, 5) is 5.72. The summed E-state index contributed by atoms with van der Waals surface area (Å²) in [5.74, 6) is 1.39. The fourth-order valence-electron chi connectivity index (χ4n) is 2.43. The molecule has 1 aliphatic heterocycles. The van der Waals surface area contributed by atoms with Gasteiger partial charge in [0.25, 0.3) is 0 Å². The van der Waals surface area contributed by atoms with Gasteiger partial charge in [0, 0.05) is 4.90 Å². The van der Waals surface area contributed by atoms with Crippen molar-refractivity contribution in [2.45, 2.75) is 24.0 Å². The minimum atomic E-state index is -0.212. The lowest BCUT2D eigenvalue weighted by Gasteiger charge is -2.16. The Morgan fingerprint density at radius 3 is 2.50 bits per heavy atom. The topological polar surface area (TPSA) is 41.8 Å². The highest BCUT2D eigenvalue weighted by atomic mass is 32.2. The van der Waals surface area contributed by atoms with Gasteiger partial charge in [0.15, 0.2) is 5.90 Å². The molecule has 0 unspecified atom stereocenters. The number of hydrogen-bond donors (Lipinski definition) is 1. The van der Waals surface area contributed by atoms with E-state index >= 15 is 0 Å². The summed E-state index contributed by atoms with van der Waals surface area (Å²) in [6, 6.07) is 18.2. The number of nitrogens with zero attached hydrogens (tertiary/aromatic N) is 1. The molecule has 3 rings (SSSR count). The van der Waals surface area contributed by atoms with Crippen LogP contribution in [0.5, 0.6) is 0 Å². The van der Waals surface area contributed by atoms with Crippen LogP contribution in [-0.2, 0) is 4.74 Å². The second-order valence-corrected chi connectivity index (χ2v) is 6.37. The highest BCUT2D eigenvalue weighted by Gasteiger charge is 2.31. The Bertz CT molecular complexity index is 640. The van der Waals surface area contributed by atoms with Crippen LogP contribution in [0.1, 0.15) is 17.2 Å². The maximum Gasteiger partial charge on any atom is 0.195 e. The van der Waals surface area contributed by atoms with Crippen molar-refractivity contribution in [2.75, 3.05) is 12.4 Å². The summed E-state index contributed by atoms with van der Waals surface area (Å²) in [6.45, 7) is 2.08. The number of aliphatic imine (C=N–C) groups is 1. The normalized spacial score (nSPS) is 20.5. The molecule has 4 heteroatoms. The highest BCUT2D eigenvalue weighted by molar-refractivity contribution is 8.00. The minimum absolute atomic E-state index is 0.00173. The monoisotopic (exact) mass is 313 g/mol. The fraction of sp³-hybridized carbons (Fsp3) is 0.278. The number of thioether (sulfide) groups is 1. The molecule has 0 spiro atoms. The molecule has 0 aromatic heterocycles. The molecule has 1 aliphatic rings. The van der Waals surface area contributed by atoms with Gasteiger partial charge in [-0.1, -0.05) is 48.0 Å². The number of aliphatic hydroxyl groups is 1. The largest absolute Gasteiger partial charge is 0.470 e. The van der Waals surface area contributed by atoms with Gasteiger partial charge in [-0.25, -0.2) is 4.99 Å². The third-order valence-electron chi connectivity index (χ3n) is 3.62. The van der Waals surface area contributed by atoms with E-state index in [1.54, 1.807) is 11.8 Å². The van der Waals surface area contributed by atoms with Crippen molar-refractivity contribution < 1.29 is 9.84 Å². The van der Waals surface area contributed by atoms with Crippen LogP contribution in [0.2, 0.25) is 0 Å². The number of hydrogen-bond acceptors (Lipinski definition) is 4. The van der Waals surface area contributed by atoms with E-state index in [0.717, 1.165) is 5.56 Å². The van der Waals surface area contributed by atoms with E-state index in [1.165, 1.54) is 10.5 Å². The molecule has 2 aromatic carbocycles. The summed E-state index contributed by atoms with van der Waals surface area (Å²) in [5.41, 5.74) is 2.31. The van der Waals surface area contributed by atoms with E-state index < -0.39 is 0 Å². The van der Waals surface area contributed by atoms with Crippen LogP contribution in [0, 0.1) is 6.92 Å². The smallest absolute Gasteiger partial charge is 0.195 e. The molecule has 22 heavy (non-hydrogen) atoms. The van der Waals surface area contributed by atoms with Gasteiger partial charge in [-0.3, -0.25) is 0 Å². The zero-order valence-electron chi connectivity index (χ0n) is 12.5. The van der Waals surface area contributed by atoms with Gasteiger partial charge in [0.05, 0.1) is 12.4 Å².